The van der Waals surface area contributed by atoms with Crippen molar-refractivity contribution < 1.29 is 9.59 Å². The van der Waals surface area contributed by atoms with Crippen LogP contribution in [0, 0.1) is 18.8 Å². The van der Waals surface area contributed by atoms with Gasteiger partial charge in [-0.15, -0.1) is 0 Å². The first-order valence-electron chi connectivity index (χ1n) is 11.7. The van der Waals surface area contributed by atoms with Gasteiger partial charge in [-0.25, -0.2) is 4.90 Å². The number of benzene rings is 3. The third kappa shape index (κ3) is 2.42. The molecule has 160 valence electrons. The molecule has 1 aliphatic heterocycles. The van der Waals surface area contributed by atoms with Gasteiger partial charge in [0.2, 0.25) is 11.8 Å². The highest BCUT2D eigenvalue weighted by atomic mass is 16.2. The van der Waals surface area contributed by atoms with Gasteiger partial charge in [-0.3, -0.25) is 9.59 Å². The van der Waals surface area contributed by atoms with E-state index < -0.39 is 0 Å². The fraction of sp³-hybridized carbons (Fsp3) is 0.310. The zero-order chi connectivity index (χ0) is 22.1. The van der Waals surface area contributed by atoms with E-state index in [1.54, 1.807) is 0 Å². The summed E-state index contributed by atoms with van der Waals surface area (Å²) < 4.78 is 0. The Morgan fingerprint density at radius 2 is 1.34 bits per heavy atom. The van der Waals surface area contributed by atoms with E-state index >= 15 is 0 Å². The van der Waals surface area contributed by atoms with Crippen LogP contribution in [-0.2, 0) is 9.59 Å². The minimum absolute atomic E-state index is 0.0432. The molecule has 32 heavy (non-hydrogen) atoms. The van der Waals surface area contributed by atoms with Crippen molar-refractivity contribution in [2.45, 2.75) is 44.9 Å². The molecule has 3 heteroatoms. The maximum absolute atomic E-state index is 13.9. The van der Waals surface area contributed by atoms with Gasteiger partial charge in [0.05, 0.1) is 17.5 Å². The SMILES string of the molecule is CC[C@@H](C)c1ccc2c(c1)[C@@H]1c3ccccc3[C@@H]2[C@@H]2C(=O)N(c3ccccc3C)C(=O)[C@H]12. The fourth-order valence-corrected chi connectivity index (χ4v) is 6.34. The molecule has 0 N–H and O–H groups in total. The largest absolute Gasteiger partial charge is 0.274 e. The molecule has 3 aromatic carbocycles. The van der Waals surface area contributed by atoms with Gasteiger partial charge in [0.25, 0.3) is 0 Å². The van der Waals surface area contributed by atoms with Crippen molar-refractivity contribution in [1.82, 2.24) is 0 Å². The van der Waals surface area contributed by atoms with E-state index in [-0.39, 0.29) is 35.5 Å². The van der Waals surface area contributed by atoms with Gasteiger partial charge in [0, 0.05) is 11.8 Å². The van der Waals surface area contributed by atoms with Crippen molar-refractivity contribution in [3.8, 4) is 0 Å². The standard InChI is InChI=1S/C29H27NO2/c1-4-16(2)18-13-14-21-22(15-18)25-20-11-7-6-10-19(20)24(21)26-27(25)29(32)30(28(26)31)23-12-8-5-9-17(23)3/h5-16,24-27H,4H2,1-3H3/t16-,24+,25+,26+,27-/m1/s1. The first-order chi connectivity index (χ1) is 15.5. The molecule has 7 rings (SSSR count). The summed E-state index contributed by atoms with van der Waals surface area (Å²) in [6.45, 7) is 6.43. The molecule has 1 fully saturated rings. The van der Waals surface area contributed by atoms with Gasteiger partial charge >= 0.3 is 0 Å². The van der Waals surface area contributed by atoms with Crippen molar-refractivity contribution >= 4 is 17.5 Å². The Balaban J connectivity index is 1.56. The van der Waals surface area contributed by atoms with E-state index in [2.05, 4.69) is 56.3 Å². The first kappa shape index (κ1) is 19.5. The molecule has 2 amide bonds. The van der Waals surface area contributed by atoms with Crippen molar-refractivity contribution in [3.63, 3.8) is 0 Å². The smallest absolute Gasteiger partial charge is 0.238 e. The summed E-state index contributed by atoms with van der Waals surface area (Å²) in [5.41, 5.74) is 7.92. The van der Waals surface area contributed by atoms with Gasteiger partial charge in [-0.2, -0.15) is 0 Å². The summed E-state index contributed by atoms with van der Waals surface area (Å²) in [7, 11) is 0. The van der Waals surface area contributed by atoms with Gasteiger partial charge in [-0.1, -0.05) is 74.5 Å². The number of para-hydroxylation sites is 1. The second-order valence-electron chi connectivity index (χ2n) is 9.63. The second-order valence-corrected chi connectivity index (χ2v) is 9.63. The predicted molar refractivity (Wildman–Crippen MR) is 126 cm³/mol. The molecule has 0 spiro atoms. The van der Waals surface area contributed by atoms with Gasteiger partial charge < -0.3 is 0 Å². The lowest BCUT2D eigenvalue weighted by Gasteiger charge is -2.46. The summed E-state index contributed by atoms with van der Waals surface area (Å²) >= 11 is 0. The van der Waals surface area contributed by atoms with E-state index in [1.807, 2.05) is 31.2 Å². The van der Waals surface area contributed by atoms with E-state index in [9.17, 15) is 9.59 Å². The van der Waals surface area contributed by atoms with Gasteiger partial charge in [0.1, 0.15) is 0 Å². The van der Waals surface area contributed by atoms with Gasteiger partial charge in [0.15, 0.2) is 0 Å². The predicted octanol–water partition coefficient (Wildman–Crippen LogP) is 5.91. The van der Waals surface area contributed by atoms with Crippen LogP contribution in [0.3, 0.4) is 0 Å². The monoisotopic (exact) mass is 421 g/mol. The highest BCUT2D eigenvalue weighted by molar-refractivity contribution is 6.23. The van der Waals surface area contributed by atoms with E-state index in [0.29, 0.717) is 5.92 Å². The van der Waals surface area contributed by atoms with Crippen molar-refractivity contribution in [2.24, 2.45) is 11.8 Å². The first-order valence-corrected chi connectivity index (χ1v) is 11.7. The minimum atomic E-state index is -0.332. The molecule has 4 aliphatic rings. The Kier molecular flexibility index (Phi) is 4.20. The average Bonchev–Trinajstić information content (AvgIpc) is 3.09. The van der Waals surface area contributed by atoms with Crippen LogP contribution in [0.2, 0.25) is 0 Å². The molecule has 1 heterocycles. The highest BCUT2D eigenvalue weighted by Crippen LogP contribution is 2.61. The number of nitrogens with zero attached hydrogens (tertiary/aromatic N) is 1. The van der Waals surface area contributed by atoms with Crippen LogP contribution >= 0.6 is 0 Å². The second kappa shape index (κ2) is 6.90. The molecule has 0 saturated carbocycles. The summed E-state index contributed by atoms with van der Waals surface area (Å²) in [5.74, 6) is -0.408. The Morgan fingerprint density at radius 3 is 1.97 bits per heavy atom. The Bertz CT molecular complexity index is 1280. The van der Waals surface area contributed by atoms with Crippen LogP contribution in [0.25, 0.3) is 0 Å². The number of imide groups is 1. The van der Waals surface area contributed by atoms with Crippen molar-refractivity contribution in [3.05, 3.63) is 100 Å². The number of hydrogen-bond donors (Lipinski definition) is 0. The average molecular weight is 422 g/mol. The van der Waals surface area contributed by atoms with Gasteiger partial charge in [-0.05, 0) is 58.7 Å². The lowest BCUT2D eigenvalue weighted by Crippen LogP contribution is -2.41. The number of aryl methyl sites for hydroxylation is 1. The maximum Gasteiger partial charge on any atom is 0.238 e. The minimum Gasteiger partial charge on any atom is -0.274 e. The van der Waals surface area contributed by atoms with Crippen molar-refractivity contribution in [2.75, 3.05) is 4.90 Å². The zero-order valence-electron chi connectivity index (χ0n) is 18.7. The quantitative estimate of drug-likeness (QED) is 0.493. The molecule has 3 aliphatic carbocycles. The number of hydrogen-bond acceptors (Lipinski definition) is 2. The Hall–Kier alpha value is -3.20. The molecule has 3 nitrogen and oxygen atoms in total. The lowest BCUT2D eigenvalue weighted by atomic mass is 9.54. The number of amides is 2. The molecule has 0 unspecified atom stereocenters. The normalized spacial score (nSPS) is 26.0. The van der Waals surface area contributed by atoms with Crippen LogP contribution in [0.4, 0.5) is 5.69 Å². The summed E-state index contributed by atoms with van der Waals surface area (Å²) in [4.78, 5) is 29.2. The van der Waals surface area contributed by atoms with Crippen molar-refractivity contribution in [1.29, 1.82) is 0 Å². The molecular formula is C29H27NO2. The fourth-order valence-electron chi connectivity index (χ4n) is 6.34. The van der Waals surface area contributed by atoms with E-state index in [4.69, 9.17) is 0 Å². The number of rotatable bonds is 3. The molecule has 0 radical (unpaired) electrons. The summed E-state index contributed by atoms with van der Waals surface area (Å²) in [6, 6.07) is 22.9. The Labute approximate surface area is 189 Å². The topological polar surface area (TPSA) is 37.4 Å². The van der Waals surface area contributed by atoms with Crippen LogP contribution < -0.4 is 4.90 Å². The number of carbonyl (C=O) groups excluding carboxylic acids is 2. The molecular weight excluding hydrogens is 394 g/mol. The lowest BCUT2D eigenvalue weighted by molar-refractivity contribution is -0.122. The van der Waals surface area contributed by atoms with E-state index in [0.717, 1.165) is 17.7 Å². The number of anilines is 1. The molecule has 5 atom stereocenters. The third-order valence-corrected chi connectivity index (χ3v) is 8.10. The molecule has 2 bridgehead atoms. The highest BCUT2D eigenvalue weighted by Gasteiger charge is 2.61. The van der Waals surface area contributed by atoms with Crippen LogP contribution in [0.15, 0.2) is 66.7 Å². The zero-order valence-corrected chi connectivity index (χ0v) is 18.7. The summed E-state index contributed by atoms with van der Waals surface area (Å²) in [6.07, 6.45) is 1.08. The van der Waals surface area contributed by atoms with Crippen LogP contribution in [0.1, 0.15) is 71.4 Å². The molecule has 3 aromatic rings. The van der Waals surface area contributed by atoms with Crippen LogP contribution in [-0.4, -0.2) is 11.8 Å². The van der Waals surface area contributed by atoms with E-state index in [1.165, 1.54) is 32.7 Å². The maximum atomic E-state index is 13.9. The molecule has 0 aromatic heterocycles. The number of carbonyl (C=O) groups is 2. The summed E-state index contributed by atoms with van der Waals surface area (Å²) in [5, 5.41) is 0. The third-order valence-electron chi connectivity index (χ3n) is 8.10. The van der Waals surface area contributed by atoms with Crippen LogP contribution in [0.5, 0.6) is 0 Å². The molecule has 1 saturated heterocycles. The Morgan fingerprint density at radius 1 is 0.781 bits per heavy atom.